The normalized spacial score (nSPS) is 17.9. The number of likely N-dealkylation sites (tertiary alicyclic amines) is 1. The molecule has 0 spiro atoms. The molecule has 1 saturated heterocycles. The summed E-state index contributed by atoms with van der Waals surface area (Å²) in [7, 11) is 0. The van der Waals surface area contributed by atoms with Gasteiger partial charge in [-0.15, -0.1) is 0 Å². The fourth-order valence-corrected chi connectivity index (χ4v) is 2.83. The van der Waals surface area contributed by atoms with Gasteiger partial charge >= 0.3 is 0 Å². The molecule has 1 atom stereocenters. The van der Waals surface area contributed by atoms with E-state index in [0.29, 0.717) is 17.4 Å². The van der Waals surface area contributed by atoms with E-state index < -0.39 is 0 Å². The van der Waals surface area contributed by atoms with Crippen molar-refractivity contribution in [3.63, 3.8) is 0 Å². The molecule has 0 saturated carbocycles. The maximum absolute atomic E-state index is 12.4. The molecule has 24 heavy (non-hydrogen) atoms. The molecule has 2 heterocycles. The van der Waals surface area contributed by atoms with Gasteiger partial charge in [0.15, 0.2) is 0 Å². The van der Waals surface area contributed by atoms with Gasteiger partial charge in [0.1, 0.15) is 6.10 Å². The highest BCUT2D eigenvalue weighted by Crippen LogP contribution is 2.18. The number of carbonyl (C=O) groups is 1. The first kappa shape index (κ1) is 16.5. The first-order valence-corrected chi connectivity index (χ1v) is 8.24. The summed E-state index contributed by atoms with van der Waals surface area (Å²) in [5.41, 5.74) is 0.830. The van der Waals surface area contributed by atoms with Crippen LogP contribution in [0.25, 0.3) is 6.08 Å². The van der Waals surface area contributed by atoms with Crippen LogP contribution < -0.4 is 4.74 Å². The van der Waals surface area contributed by atoms with Crippen molar-refractivity contribution in [2.24, 2.45) is 0 Å². The lowest BCUT2D eigenvalue weighted by atomic mass is 10.1. The van der Waals surface area contributed by atoms with Gasteiger partial charge in [0, 0.05) is 30.0 Å². The molecular weight excluding hydrogens is 326 g/mol. The number of hydrogen-bond donors (Lipinski definition) is 0. The quantitative estimate of drug-likeness (QED) is 0.800. The van der Waals surface area contributed by atoms with Crippen molar-refractivity contribution in [2.45, 2.75) is 18.9 Å². The van der Waals surface area contributed by atoms with Crippen LogP contribution in [0.3, 0.4) is 0 Å². The molecule has 0 radical (unpaired) electrons. The van der Waals surface area contributed by atoms with E-state index in [0.717, 1.165) is 24.9 Å². The summed E-state index contributed by atoms with van der Waals surface area (Å²) < 4.78 is 5.80. The molecule has 1 aliphatic rings. The number of benzene rings is 1. The van der Waals surface area contributed by atoms with Gasteiger partial charge in [-0.25, -0.2) is 4.98 Å². The molecule has 5 nitrogen and oxygen atoms in total. The minimum Gasteiger partial charge on any atom is -0.471 e. The van der Waals surface area contributed by atoms with E-state index in [-0.39, 0.29) is 12.0 Å². The van der Waals surface area contributed by atoms with E-state index in [9.17, 15) is 4.79 Å². The Labute approximate surface area is 145 Å². The van der Waals surface area contributed by atoms with Crippen LogP contribution in [-0.4, -0.2) is 40.0 Å². The van der Waals surface area contributed by atoms with E-state index >= 15 is 0 Å². The number of nitrogens with zero attached hydrogens (tertiary/aromatic N) is 3. The Morgan fingerprint density at radius 2 is 2.21 bits per heavy atom. The van der Waals surface area contributed by atoms with Gasteiger partial charge < -0.3 is 9.64 Å². The van der Waals surface area contributed by atoms with Crippen molar-refractivity contribution in [3.05, 3.63) is 59.5 Å². The van der Waals surface area contributed by atoms with E-state index in [1.807, 2.05) is 18.2 Å². The Morgan fingerprint density at radius 1 is 1.33 bits per heavy atom. The number of piperidine rings is 1. The average Bonchev–Trinajstić information content (AvgIpc) is 2.62. The molecule has 0 bridgehead atoms. The highest BCUT2D eigenvalue weighted by Gasteiger charge is 2.24. The lowest BCUT2D eigenvalue weighted by Gasteiger charge is -2.31. The van der Waals surface area contributed by atoms with Gasteiger partial charge in [0.25, 0.3) is 0 Å². The highest BCUT2D eigenvalue weighted by atomic mass is 35.5. The summed E-state index contributed by atoms with van der Waals surface area (Å²) in [5.74, 6) is 0.450. The summed E-state index contributed by atoms with van der Waals surface area (Å²) in [5, 5.41) is 0.629. The van der Waals surface area contributed by atoms with Crippen LogP contribution in [0.4, 0.5) is 0 Å². The van der Waals surface area contributed by atoms with Crippen LogP contribution in [0, 0.1) is 0 Å². The summed E-state index contributed by atoms with van der Waals surface area (Å²) in [4.78, 5) is 22.3. The molecule has 1 unspecified atom stereocenters. The second-order valence-corrected chi connectivity index (χ2v) is 5.97. The predicted molar refractivity (Wildman–Crippen MR) is 92.7 cm³/mol. The molecule has 6 heteroatoms. The third-order valence-corrected chi connectivity index (χ3v) is 4.17. The molecule has 1 aromatic carbocycles. The first-order chi connectivity index (χ1) is 11.7. The minimum atomic E-state index is -0.0619. The zero-order valence-electron chi connectivity index (χ0n) is 13.1. The maximum Gasteiger partial charge on any atom is 0.246 e. The predicted octanol–water partition coefficient (Wildman–Crippen LogP) is 3.21. The zero-order chi connectivity index (χ0) is 16.8. The smallest absolute Gasteiger partial charge is 0.246 e. The van der Waals surface area contributed by atoms with Crippen LogP contribution in [0.5, 0.6) is 5.88 Å². The second kappa shape index (κ2) is 7.93. The molecule has 1 amide bonds. The number of amides is 1. The van der Waals surface area contributed by atoms with Crippen LogP contribution in [-0.2, 0) is 4.79 Å². The monoisotopic (exact) mass is 343 g/mol. The van der Waals surface area contributed by atoms with Gasteiger partial charge in [-0.1, -0.05) is 29.8 Å². The number of carbonyl (C=O) groups excluding carboxylic acids is 1. The second-order valence-electron chi connectivity index (χ2n) is 5.56. The number of hydrogen-bond acceptors (Lipinski definition) is 4. The number of aromatic nitrogens is 2. The lowest BCUT2D eigenvalue weighted by molar-refractivity contribution is -0.128. The zero-order valence-corrected chi connectivity index (χ0v) is 13.9. The maximum atomic E-state index is 12.4. The van der Waals surface area contributed by atoms with E-state index in [1.165, 1.54) is 0 Å². The van der Waals surface area contributed by atoms with Gasteiger partial charge in [-0.2, -0.15) is 0 Å². The molecule has 2 aromatic rings. The molecule has 0 N–H and O–H groups in total. The average molecular weight is 344 g/mol. The minimum absolute atomic E-state index is 0.0395. The lowest BCUT2D eigenvalue weighted by Crippen LogP contribution is -2.43. The first-order valence-electron chi connectivity index (χ1n) is 7.86. The van der Waals surface area contributed by atoms with Gasteiger partial charge in [0.2, 0.25) is 11.8 Å². The molecule has 1 fully saturated rings. The SMILES string of the molecule is O=C(/C=C/c1ccccc1Cl)N1CCCC(Oc2cnccn2)C1. The molecular formula is C18H18ClN3O2. The van der Waals surface area contributed by atoms with Crippen molar-refractivity contribution in [1.82, 2.24) is 14.9 Å². The van der Waals surface area contributed by atoms with E-state index in [4.69, 9.17) is 16.3 Å². The Kier molecular flexibility index (Phi) is 5.43. The fraction of sp³-hybridized carbons (Fsp3) is 0.278. The van der Waals surface area contributed by atoms with Crippen LogP contribution in [0.15, 0.2) is 48.9 Å². The van der Waals surface area contributed by atoms with Gasteiger partial charge in [-0.05, 0) is 30.5 Å². The van der Waals surface area contributed by atoms with Gasteiger partial charge in [0.05, 0.1) is 12.7 Å². The summed E-state index contributed by atoms with van der Waals surface area (Å²) >= 11 is 6.10. The molecule has 3 rings (SSSR count). The Balaban J connectivity index is 1.60. The van der Waals surface area contributed by atoms with Crippen molar-refractivity contribution >= 4 is 23.6 Å². The Bertz CT molecular complexity index is 721. The summed E-state index contributed by atoms with van der Waals surface area (Å²) in [6.45, 7) is 1.27. The molecule has 0 aliphatic carbocycles. The summed E-state index contributed by atoms with van der Waals surface area (Å²) in [6.07, 6.45) is 9.82. The van der Waals surface area contributed by atoms with Crippen molar-refractivity contribution in [2.75, 3.05) is 13.1 Å². The molecule has 1 aromatic heterocycles. The standard InChI is InChI=1S/C18H18ClN3O2/c19-16-6-2-1-4-14(16)7-8-18(23)22-11-3-5-15(13-22)24-17-12-20-9-10-21-17/h1-2,4,6-10,12,15H,3,5,11,13H2/b8-7+. The van der Waals surface area contributed by atoms with Gasteiger partial charge in [-0.3, -0.25) is 9.78 Å². The number of ether oxygens (including phenoxy) is 1. The largest absolute Gasteiger partial charge is 0.471 e. The molecule has 124 valence electrons. The fourth-order valence-electron chi connectivity index (χ4n) is 2.63. The third kappa shape index (κ3) is 4.32. The molecule has 1 aliphatic heterocycles. The number of halogens is 1. The van der Waals surface area contributed by atoms with Crippen LogP contribution in [0.2, 0.25) is 5.02 Å². The van der Waals surface area contributed by atoms with Crippen LogP contribution >= 0.6 is 11.6 Å². The number of rotatable bonds is 4. The van der Waals surface area contributed by atoms with Crippen molar-refractivity contribution in [1.29, 1.82) is 0 Å². The highest BCUT2D eigenvalue weighted by molar-refractivity contribution is 6.32. The van der Waals surface area contributed by atoms with E-state index in [1.54, 1.807) is 41.7 Å². The Morgan fingerprint density at radius 3 is 3.00 bits per heavy atom. The van der Waals surface area contributed by atoms with Crippen molar-refractivity contribution in [3.8, 4) is 5.88 Å². The van der Waals surface area contributed by atoms with Crippen molar-refractivity contribution < 1.29 is 9.53 Å². The third-order valence-electron chi connectivity index (χ3n) is 3.83. The Hall–Kier alpha value is -2.40. The van der Waals surface area contributed by atoms with E-state index in [2.05, 4.69) is 9.97 Å². The topological polar surface area (TPSA) is 55.3 Å². The summed E-state index contributed by atoms with van der Waals surface area (Å²) in [6, 6.07) is 7.43. The van der Waals surface area contributed by atoms with Crippen LogP contribution in [0.1, 0.15) is 18.4 Å².